The Morgan fingerprint density at radius 2 is 1.73 bits per heavy atom. The van der Waals surface area contributed by atoms with Crippen molar-refractivity contribution in [3.8, 4) is 11.5 Å². The van der Waals surface area contributed by atoms with E-state index in [9.17, 15) is 24.9 Å². The van der Waals surface area contributed by atoms with Gasteiger partial charge < -0.3 is 4.74 Å². The summed E-state index contributed by atoms with van der Waals surface area (Å²) in [4.78, 5) is 34.1. The summed E-state index contributed by atoms with van der Waals surface area (Å²) in [5, 5.41) is 20.5. The number of rotatable bonds is 3. The highest BCUT2D eigenvalue weighted by Crippen LogP contribution is 2.40. The van der Waals surface area contributed by atoms with E-state index in [2.05, 4.69) is 0 Å². The van der Waals surface area contributed by atoms with E-state index >= 15 is 0 Å². The number of amides is 2. The van der Waals surface area contributed by atoms with Gasteiger partial charge in [0.1, 0.15) is 11.3 Å². The van der Waals surface area contributed by atoms with Crippen LogP contribution < -0.4 is 4.74 Å². The van der Waals surface area contributed by atoms with Crippen molar-refractivity contribution >= 4 is 17.5 Å². The van der Waals surface area contributed by atoms with Crippen LogP contribution in [0.4, 0.5) is 5.69 Å². The van der Waals surface area contributed by atoms with Crippen LogP contribution in [0.1, 0.15) is 20.7 Å². The van der Waals surface area contributed by atoms with Gasteiger partial charge in [-0.25, -0.2) is 0 Å². The average molecular weight is 300 g/mol. The number of carbonyl (C=O) groups excluding carboxylic acids is 2. The Morgan fingerprint density at radius 3 is 2.36 bits per heavy atom. The molecule has 0 saturated heterocycles. The minimum absolute atomic E-state index is 0.0910. The lowest BCUT2D eigenvalue weighted by atomic mass is 10.1. The average Bonchev–Trinajstić information content (AvgIpc) is 2.73. The molecule has 8 heteroatoms. The van der Waals surface area contributed by atoms with Gasteiger partial charge in [-0.1, -0.05) is 18.2 Å². The molecule has 0 radical (unpaired) electrons. The molecule has 0 saturated carbocycles. The fourth-order valence-electron chi connectivity index (χ4n) is 2.13. The molecular formula is C14H8N2O6. The molecule has 2 aromatic carbocycles. The normalized spacial score (nSPS) is 13.2. The maximum Gasteiger partial charge on any atom is 0.312 e. The summed E-state index contributed by atoms with van der Waals surface area (Å²) in [6.07, 6.45) is 0. The summed E-state index contributed by atoms with van der Waals surface area (Å²) in [7, 11) is 0. The SMILES string of the molecule is O=C1c2ccc([N+](=O)[O-])c(Oc3ccccc3)c2C(=O)N1O. The molecule has 0 unspecified atom stereocenters. The quantitative estimate of drug-likeness (QED) is 0.403. The lowest BCUT2D eigenvalue weighted by Gasteiger charge is -2.09. The van der Waals surface area contributed by atoms with Crippen molar-refractivity contribution in [2.24, 2.45) is 0 Å². The number of imide groups is 1. The zero-order chi connectivity index (χ0) is 15.9. The summed E-state index contributed by atoms with van der Waals surface area (Å²) in [5.74, 6) is -2.12. The van der Waals surface area contributed by atoms with Gasteiger partial charge >= 0.3 is 5.69 Å². The van der Waals surface area contributed by atoms with Crippen molar-refractivity contribution in [3.05, 3.63) is 63.7 Å². The molecule has 0 spiro atoms. The molecule has 1 aliphatic rings. The first-order valence-electron chi connectivity index (χ1n) is 6.12. The van der Waals surface area contributed by atoms with Gasteiger partial charge in [0.2, 0.25) is 5.75 Å². The molecule has 1 N–H and O–H groups in total. The van der Waals surface area contributed by atoms with E-state index in [1.54, 1.807) is 30.3 Å². The van der Waals surface area contributed by atoms with E-state index < -0.39 is 22.4 Å². The van der Waals surface area contributed by atoms with Crippen LogP contribution in [0.5, 0.6) is 11.5 Å². The van der Waals surface area contributed by atoms with Gasteiger partial charge in [0.25, 0.3) is 11.8 Å². The third kappa shape index (κ3) is 1.98. The maximum atomic E-state index is 11.9. The van der Waals surface area contributed by atoms with Gasteiger partial charge in [0, 0.05) is 6.07 Å². The van der Waals surface area contributed by atoms with Crippen molar-refractivity contribution < 1.29 is 24.5 Å². The predicted octanol–water partition coefficient (Wildman–Crippen LogP) is 2.37. The Morgan fingerprint density at radius 1 is 1.05 bits per heavy atom. The van der Waals surface area contributed by atoms with Gasteiger partial charge in [-0.2, -0.15) is 0 Å². The first kappa shape index (κ1) is 13.7. The predicted molar refractivity (Wildman–Crippen MR) is 71.9 cm³/mol. The molecule has 0 fully saturated rings. The standard InChI is InChI=1S/C14H8N2O6/c17-13-9-6-7-10(16(20)21)12(11(9)14(18)15(13)19)22-8-4-2-1-3-5-8/h1-7,19H. The van der Waals surface area contributed by atoms with Gasteiger partial charge in [0.05, 0.1) is 10.5 Å². The van der Waals surface area contributed by atoms with Crippen molar-refractivity contribution in [2.75, 3.05) is 0 Å². The highest BCUT2D eigenvalue weighted by atomic mass is 16.6. The van der Waals surface area contributed by atoms with E-state index in [1.165, 1.54) is 0 Å². The van der Waals surface area contributed by atoms with E-state index in [0.717, 1.165) is 12.1 Å². The van der Waals surface area contributed by atoms with E-state index in [-0.39, 0.29) is 27.7 Å². The molecular weight excluding hydrogens is 292 g/mol. The molecule has 22 heavy (non-hydrogen) atoms. The summed E-state index contributed by atoms with van der Waals surface area (Å²) in [6.45, 7) is 0. The fourth-order valence-corrected chi connectivity index (χ4v) is 2.13. The lowest BCUT2D eigenvalue weighted by Crippen LogP contribution is -2.25. The van der Waals surface area contributed by atoms with Crippen LogP contribution in [-0.2, 0) is 0 Å². The summed E-state index contributed by atoms with van der Waals surface area (Å²) < 4.78 is 5.43. The second kappa shape index (κ2) is 4.93. The molecule has 1 aliphatic heterocycles. The Bertz CT molecular complexity index is 802. The number of hydrogen-bond donors (Lipinski definition) is 1. The minimum Gasteiger partial charge on any atom is -0.449 e. The van der Waals surface area contributed by atoms with Gasteiger partial charge in [0.15, 0.2) is 0 Å². The first-order chi connectivity index (χ1) is 10.5. The molecule has 0 aromatic heterocycles. The second-order valence-electron chi connectivity index (χ2n) is 4.43. The number of carbonyl (C=O) groups is 2. The van der Waals surface area contributed by atoms with Crippen LogP contribution in [0.3, 0.4) is 0 Å². The smallest absolute Gasteiger partial charge is 0.312 e. The minimum atomic E-state index is -1.06. The molecule has 0 bridgehead atoms. The van der Waals surface area contributed by atoms with Crippen LogP contribution in [0, 0.1) is 10.1 Å². The molecule has 0 atom stereocenters. The van der Waals surface area contributed by atoms with Crippen molar-refractivity contribution in [3.63, 3.8) is 0 Å². The Hall–Kier alpha value is -3.26. The number of hydrogen-bond acceptors (Lipinski definition) is 6. The highest BCUT2D eigenvalue weighted by molar-refractivity contribution is 6.22. The number of nitro benzene ring substituents is 1. The molecule has 0 aliphatic carbocycles. The number of para-hydroxylation sites is 1. The maximum absolute atomic E-state index is 11.9. The summed E-state index contributed by atoms with van der Waals surface area (Å²) in [6, 6.07) is 10.3. The van der Waals surface area contributed by atoms with Crippen molar-refractivity contribution in [2.45, 2.75) is 0 Å². The Balaban J connectivity index is 2.21. The number of hydroxylamine groups is 2. The molecule has 2 aromatic rings. The van der Waals surface area contributed by atoms with Crippen LogP contribution in [0.15, 0.2) is 42.5 Å². The number of nitrogens with zero attached hydrogens (tertiary/aromatic N) is 2. The van der Waals surface area contributed by atoms with Gasteiger partial charge in [-0.05, 0) is 18.2 Å². The third-order valence-corrected chi connectivity index (χ3v) is 3.13. The largest absolute Gasteiger partial charge is 0.449 e. The molecule has 110 valence electrons. The second-order valence-corrected chi connectivity index (χ2v) is 4.43. The Labute approximate surface area is 123 Å². The van der Waals surface area contributed by atoms with Crippen LogP contribution in [-0.4, -0.2) is 27.0 Å². The number of ether oxygens (including phenoxy) is 1. The lowest BCUT2D eigenvalue weighted by molar-refractivity contribution is -0.385. The zero-order valence-corrected chi connectivity index (χ0v) is 10.9. The van der Waals surface area contributed by atoms with Crippen LogP contribution in [0.25, 0.3) is 0 Å². The van der Waals surface area contributed by atoms with E-state index in [0.29, 0.717) is 0 Å². The third-order valence-electron chi connectivity index (χ3n) is 3.13. The summed E-state index contributed by atoms with van der Waals surface area (Å²) in [5.41, 5.74) is -0.950. The van der Waals surface area contributed by atoms with Gasteiger partial charge in [-0.15, -0.1) is 5.06 Å². The number of nitro groups is 1. The van der Waals surface area contributed by atoms with Crippen LogP contribution in [0.2, 0.25) is 0 Å². The summed E-state index contributed by atoms with van der Waals surface area (Å²) >= 11 is 0. The number of benzene rings is 2. The molecule has 1 heterocycles. The molecule has 2 amide bonds. The van der Waals surface area contributed by atoms with E-state index in [4.69, 9.17) is 4.74 Å². The van der Waals surface area contributed by atoms with Crippen molar-refractivity contribution in [1.82, 2.24) is 5.06 Å². The first-order valence-corrected chi connectivity index (χ1v) is 6.12. The molecule has 3 rings (SSSR count). The highest BCUT2D eigenvalue weighted by Gasteiger charge is 2.41. The van der Waals surface area contributed by atoms with Crippen molar-refractivity contribution in [1.29, 1.82) is 0 Å². The Kier molecular flexibility index (Phi) is 3.08. The molecule has 8 nitrogen and oxygen atoms in total. The fraction of sp³-hybridized carbons (Fsp3) is 0. The number of fused-ring (bicyclic) bond motifs is 1. The monoisotopic (exact) mass is 300 g/mol. The zero-order valence-electron chi connectivity index (χ0n) is 10.9. The van der Waals surface area contributed by atoms with Gasteiger partial charge in [-0.3, -0.25) is 24.9 Å². The van der Waals surface area contributed by atoms with E-state index in [1.807, 2.05) is 0 Å². The topological polar surface area (TPSA) is 110 Å². The van der Waals surface area contributed by atoms with Crippen LogP contribution >= 0.6 is 0 Å².